The van der Waals surface area contributed by atoms with Gasteiger partial charge in [0.05, 0.1) is 12.1 Å². The Morgan fingerprint density at radius 1 is 1.23 bits per heavy atom. The smallest absolute Gasteiger partial charge is 0.230 e. The topological polar surface area (TPSA) is 46.9 Å². The Balaban J connectivity index is 1.68. The van der Waals surface area contributed by atoms with E-state index < -0.39 is 0 Å². The number of aryl methyl sites for hydroxylation is 1. The molecule has 0 radical (unpaired) electrons. The van der Waals surface area contributed by atoms with E-state index >= 15 is 0 Å². The van der Waals surface area contributed by atoms with Gasteiger partial charge in [-0.3, -0.25) is 4.79 Å². The molecule has 0 unspecified atom stereocenters. The van der Waals surface area contributed by atoms with Gasteiger partial charge in [0.15, 0.2) is 5.13 Å². The van der Waals surface area contributed by atoms with Gasteiger partial charge < -0.3 is 9.88 Å². The molecule has 0 saturated carbocycles. The monoisotopic (exact) mass is 311 g/mol. The molecule has 0 atom stereocenters. The molecule has 5 heteroatoms. The molecule has 1 amide bonds. The van der Waals surface area contributed by atoms with E-state index in [0.717, 1.165) is 22.1 Å². The van der Waals surface area contributed by atoms with E-state index in [0.29, 0.717) is 0 Å². The Morgan fingerprint density at radius 3 is 2.77 bits per heavy atom. The summed E-state index contributed by atoms with van der Waals surface area (Å²) in [6.07, 6.45) is 4.17. The number of carbonyl (C=O) groups is 1. The molecule has 0 aliphatic heterocycles. The van der Waals surface area contributed by atoms with Crippen molar-refractivity contribution in [1.29, 1.82) is 0 Å². The lowest BCUT2D eigenvalue weighted by molar-refractivity contribution is -0.115. The molecule has 0 fully saturated rings. The summed E-state index contributed by atoms with van der Waals surface area (Å²) in [6, 6.07) is 9.81. The third-order valence-corrected chi connectivity index (χ3v) is 4.49. The number of carbonyl (C=O) groups excluding carboxylic acids is 1. The highest BCUT2D eigenvalue weighted by Gasteiger charge is 2.10. The molecular formula is C17H17N3OS. The van der Waals surface area contributed by atoms with Gasteiger partial charge in [-0.2, -0.15) is 0 Å². The average Bonchev–Trinajstić information content (AvgIpc) is 3.14. The number of hydrogen-bond acceptors (Lipinski definition) is 3. The first-order chi connectivity index (χ1) is 10.6. The number of benzene rings is 1. The molecule has 3 rings (SSSR count). The summed E-state index contributed by atoms with van der Waals surface area (Å²) in [4.78, 5) is 16.7. The lowest BCUT2D eigenvalue weighted by atomic mass is 10.1. The highest BCUT2D eigenvalue weighted by atomic mass is 32.1. The van der Waals surface area contributed by atoms with E-state index in [1.54, 1.807) is 0 Å². The third kappa shape index (κ3) is 3.09. The summed E-state index contributed by atoms with van der Waals surface area (Å²) in [5, 5.41) is 5.77. The van der Waals surface area contributed by atoms with Gasteiger partial charge in [-0.05, 0) is 43.2 Å². The SMILES string of the molecule is Cc1cccc(NC(=O)Cc2csc(-n3cccc3)n2)c1C. The van der Waals surface area contributed by atoms with Crippen molar-refractivity contribution in [3.8, 4) is 5.13 Å². The van der Waals surface area contributed by atoms with Gasteiger partial charge in [0.25, 0.3) is 0 Å². The standard InChI is InChI=1S/C17H17N3OS/c1-12-6-5-7-15(13(12)2)19-16(21)10-14-11-22-17(18-14)20-8-3-4-9-20/h3-9,11H,10H2,1-2H3,(H,19,21). The number of rotatable bonds is 4. The zero-order chi connectivity index (χ0) is 15.5. The zero-order valence-corrected chi connectivity index (χ0v) is 13.4. The molecular weight excluding hydrogens is 294 g/mol. The van der Waals surface area contributed by atoms with Crippen molar-refractivity contribution in [2.75, 3.05) is 5.32 Å². The first-order valence-electron chi connectivity index (χ1n) is 7.07. The van der Waals surface area contributed by atoms with Crippen LogP contribution in [0.4, 0.5) is 5.69 Å². The Morgan fingerprint density at radius 2 is 2.00 bits per heavy atom. The molecule has 112 valence electrons. The fourth-order valence-corrected chi connectivity index (χ4v) is 2.99. The number of amides is 1. The molecule has 4 nitrogen and oxygen atoms in total. The summed E-state index contributed by atoms with van der Waals surface area (Å²) in [5.74, 6) is -0.0435. The van der Waals surface area contributed by atoms with Crippen molar-refractivity contribution in [3.05, 3.63) is 64.9 Å². The average molecular weight is 311 g/mol. The Hall–Kier alpha value is -2.40. The number of nitrogens with zero attached hydrogens (tertiary/aromatic N) is 2. The fourth-order valence-electron chi connectivity index (χ4n) is 2.20. The third-order valence-electron chi connectivity index (χ3n) is 3.59. The maximum atomic E-state index is 12.2. The van der Waals surface area contributed by atoms with E-state index in [1.165, 1.54) is 16.9 Å². The van der Waals surface area contributed by atoms with Gasteiger partial charge in [-0.25, -0.2) is 4.98 Å². The van der Waals surface area contributed by atoms with Crippen molar-refractivity contribution in [2.24, 2.45) is 0 Å². The van der Waals surface area contributed by atoms with Gasteiger partial charge >= 0.3 is 0 Å². The lowest BCUT2D eigenvalue weighted by Crippen LogP contribution is -2.15. The number of hydrogen-bond donors (Lipinski definition) is 1. The van der Waals surface area contributed by atoms with Gasteiger partial charge in [-0.1, -0.05) is 12.1 Å². The molecule has 0 aliphatic rings. The first-order valence-corrected chi connectivity index (χ1v) is 7.95. The maximum Gasteiger partial charge on any atom is 0.230 e. The number of aromatic nitrogens is 2. The van der Waals surface area contributed by atoms with Crippen LogP contribution >= 0.6 is 11.3 Å². The Bertz CT molecular complexity index is 790. The molecule has 0 aliphatic carbocycles. The minimum atomic E-state index is -0.0435. The highest BCUT2D eigenvalue weighted by Crippen LogP contribution is 2.19. The van der Waals surface area contributed by atoms with Crippen molar-refractivity contribution >= 4 is 22.9 Å². The minimum absolute atomic E-state index is 0.0435. The lowest BCUT2D eigenvalue weighted by Gasteiger charge is -2.09. The number of thiazole rings is 1. The number of anilines is 1. The van der Waals surface area contributed by atoms with Gasteiger partial charge in [0.2, 0.25) is 5.91 Å². The second kappa shape index (κ2) is 6.15. The van der Waals surface area contributed by atoms with Crippen LogP contribution in [-0.2, 0) is 11.2 Å². The molecule has 22 heavy (non-hydrogen) atoms. The van der Waals surface area contributed by atoms with E-state index in [2.05, 4.69) is 10.3 Å². The number of nitrogens with one attached hydrogen (secondary N) is 1. The summed E-state index contributed by atoms with van der Waals surface area (Å²) in [5.41, 5.74) is 3.92. The molecule has 1 aromatic carbocycles. The normalized spacial score (nSPS) is 10.6. The van der Waals surface area contributed by atoms with E-state index in [-0.39, 0.29) is 12.3 Å². The van der Waals surface area contributed by atoms with Crippen molar-refractivity contribution in [2.45, 2.75) is 20.3 Å². The summed E-state index contributed by atoms with van der Waals surface area (Å²) in [7, 11) is 0. The van der Waals surface area contributed by atoms with Gasteiger partial charge in [0, 0.05) is 23.5 Å². The second-order valence-electron chi connectivity index (χ2n) is 5.18. The van der Waals surface area contributed by atoms with Crippen LogP contribution in [0.1, 0.15) is 16.8 Å². The summed E-state index contributed by atoms with van der Waals surface area (Å²) in [6.45, 7) is 4.05. The minimum Gasteiger partial charge on any atom is -0.325 e. The van der Waals surface area contributed by atoms with Crippen molar-refractivity contribution in [3.63, 3.8) is 0 Å². The van der Waals surface area contributed by atoms with Crippen molar-refractivity contribution in [1.82, 2.24) is 9.55 Å². The van der Waals surface area contributed by atoms with Crippen LogP contribution in [0.25, 0.3) is 5.13 Å². The van der Waals surface area contributed by atoms with Gasteiger partial charge in [0.1, 0.15) is 0 Å². The van der Waals surface area contributed by atoms with E-state index in [4.69, 9.17) is 0 Å². The largest absolute Gasteiger partial charge is 0.325 e. The maximum absolute atomic E-state index is 12.2. The summed E-state index contributed by atoms with van der Waals surface area (Å²) < 4.78 is 1.94. The summed E-state index contributed by atoms with van der Waals surface area (Å²) >= 11 is 1.53. The molecule has 0 saturated heterocycles. The van der Waals surface area contributed by atoms with Crippen LogP contribution in [0.3, 0.4) is 0 Å². The molecule has 3 aromatic rings. The quantitative estimate of drug-likeness (QED) is 0.798. The highest BCUT2D eigenvalue weighted by molar-refractivity contribution is 7.12. The Kier molecular flexibility index (Phi) is 4.06. The molecule has 0 spiro atoms. The predicted octanol–water partition coefficient (Wildman–Crippen LogP) is 3.73. The van der Waals surface area contributed by atoms with Crippen molar-refractivity contribution < 1.29 is 4.79 Å². The van der Waals surface area contributed by atoms with E-state index in [9.17, 15) is 4.79 Å². The van der Waals surface area contributed by atoms with Crippen LogP contribution in [0.15, 0.2) is 48.1 Å². The van der Waals surface area contributed by atoms with Crippen LogP contribution in [0.2, 0.25) is 0 Å². The van der Waals surface area contributed by atoms with Crippen LogP contribution < -0.4 is 5.32 Å². The fraction of sp³-hybridized carbons (Fsp3) is 0.176. The molecule has 2 heterocycles. The predicted molar refractivity (Wildman–Crippen MR) is 89.7 cm³/mol. The Labute approximate surface area is 133 Å². The first kappa shape index (κ1) is 14.5. The molecule has 2 aromatic heterocycles. The van der Waals surface area contributed by atoms with Crippen LogP contribution in [0.5, 0.6) is 0 Å². The van der Waals surface area contributed by atoms with E-state index in [1.807, 2.05) is 66.5 Å². The van der Waals surface area contributed by atoms with Gasteiger partial charge in [-0.15, -0.1) is 11.3 Å². The molecule has 0 bridgehead atoms. The van der Waals surface area contributed by atoms with Crippen LogP contribution in [0, 0.1) is 13.8 Å². The second-order valence-corrected chi connectivity index (χ2v) is 6.02. The zero-order valence-electron chi connectivity index (χ0n) is 12.5. The van der Waals surface area contributed by atoms with Crippen LogP contribution in [-0.4, -0.2) is 15.5 Å². The molecule has 1 N–H and O–H groups in total.